The van der Waals surface area contributed by atoms with Crippen molar-refractivity contribution in [1.29, 1.82) is 0 Å². The van der Waals surface area contributed by atoms with Gasteiger partial charge < -0.3 is 10.3 Å². The number of benzene rings is 1. The number of carbonyl (C=O) groups excluding carboxylic acids is 1. The van der Waals surface area contributed by atoms with E-state index in [2.05, 4.69) is 47.3 Å². The molecule has 29 heavy (non-hydrogen) atoms. The fraction of sp³-hybridized carbons (Fsp3) is 0.409. The lowest BCUT2D eigenvalue weighted by Crippen LogP contribution is -2.32. The first-order chi connectivity index (χ1) is 13.9. The van der Waals surface area contributed by atoms with Gasteiger partial charge in [0.05, 0.1) is 16.0 Å². The molecule has 0 atom stereocenters. The zero-order chi connectivity index (χ0) is 20.5. The molecule has 7 heteroatoms. The number of nitrogens with zero attached hydrogens (tertiary/aromatic N) is 1. The van der Waals surface area contributed by atoms with Gasteiger partial charge in [0.25, 0.3) is 11.5 Å². The van der Waals surface area contributed by atoms with Gasteiger partial charge in [-0.3, -0.25) is 9.59 Å². The highest BCUT2D eigenvalue weighted by molar-refractivity contribution is 7.98. The first-order valence-corrected chi connectivity index (χ1v) is 11.8. The minimum atomic E-state index is -0.166. The highest BCUT2D eigenvalue weighted by Gasteiger charge is 2.23. The summed E-state index contributed by atoms with van der Waals surface area (Å²) >= 11 is 2.98. The van der Waals surface area contributed by atoms with Crippen LogP contribution < -0.4 is 10.9 Å². The van der Waals surface area contributed by atoms with Gasteiger partial charge in [0.15, 0.2) is 0 Å². The molecule has 2 aromatic heterocycles. The van der Waals surface area contributed by atoms with E-state index in [1.54, 1.807) is 11.8 Å². The van der Waals surface area contributed by atoms with Crippen molar-refractivity contribution in [2.45, 2.75) is 63.1 Å². The maximum Gasteiger partial charge on any atom is 0.261 e. The third-order valence-electron chi connectivity index (χ3n) is 5.45. The van der Waals surface area contributed by atoms with Crippen molar-refractivity contribution < 1.29 is 4.79 Å². The molecule has 1 amide bonds. The van der Waals surface area contributed by atoms with Crippen molar-refractivity contribution in [3.05, 3.63) is 55.9 Å². The Morgan fingerprint density at radius 1 is 1.28 bits per heavy atom. The number of rotatable bonds is 5. The SMILES string of the molecule is Cc1ccc(C)c(SCc2nc3sc(C(=O)NC4CCCC4)c(C)c3c(=O)[nH]2)c1. The maximum atomic E-state index is 12.7. The van der Waals surface area contributed by atoms with Gasteiger partial charge in [-0.25, -0.2) is 4.98 Å². The van der Waals surface area contributed by atoms with E-state index in [-0.39, 0.29) is 17.5 Å². The Bertz CT molecular complexity index is 1130. The molecule has 5 nitrogen and oxygen atoms in total. The smallest absolute Gasteiger partial charge is 0.261 e. The van der Waals surface area contributed by atoms with Crippen molar-refractivity contribution in [3.8, 4) is 0 Å². The van der Waals surface area contributed by atoms with Crippen molar-refractivity contribution in [1.82, 2.24) is 15.3 Å². The summed E-state index contributed by atoms with van der Waals surface area (Å²) in [5, 5.41) is 3.65. The van der Waals surface area contributed by atoms with Gasteiger partial charge in [-0.2, -0.15) is 0 Å². The van der Waals surface area contributed by atoms with E-state index in [0.717, 1.165) is 18.4 Å². The standard InChI is InChI=1S/C22H25N3O2S2/c1-12-8-9-13(2)16(10-12)28-11-17-24-20(26)18-14(3)19(29-22(18)25-17)21(27)23-15-6-4-5-7-15/h8-10,15H,4-7,11H2,1-3H3,(H,23,27)(H,24,25,26). The van der Waals surface area contributed by atoms with Crippen LogP contribution in [0, 0.1) is 20.8 Å². The van der Waals surface area contributed by atoms with E-state index in [4.69, 9.17) is 0 Å². The summed E-state index contributed by atoms with van der Waals surface area (Å²) in [7, 11) is 0. The quantitative estimate of drug-likeness (QED) is 0.570. The van der Waals surface area contributed by atoms with Gasteiger partial charge in [0.2, 0.25) is 0 Å². The van der Waals surface area contributed by atoms with Crippen LogP contribution in [0.15, 0.2) is 27.9 Å². The number of aromatic amines is 1. The summed E-state index contributed by atoms with van der Waals surface area (Å²) in [5.74, 6) is 1.14. The summed E-state index contributed by atoms with van der Waals surface area (Å²) in [4.78, 5) is 35.4. The third-order valence-corrected chi connectivity index (χ3v) is 7.81. The average molecular weight is 428 g/mol. The van der Waals surface area contributed by atoms with Crippen LogP contribution in [0.2, 0.25) is 0 Å². The van der Waals surface area contributed by atoms with E-state index in [1.165, 1.54) is 40.2 Å². The topological polar surface area (TPSA) is 74.8 Å². The molecule has 1 saturated carbocycles. The Morgan fingerprint density at radius 2 is 2.03 bits per heavy atom. The zero-order valence-electron chi connectivity index (χ0n) is 16.9. The van der Waals surface area contributed by atoms with Crippen LogP contribution in [0.3, 0.4) is 0 Å². The van der Waals surface area contributed by atoms with Crippen LogP contribution in [0.5, 0.6) is 0 Å². The van der Waals surface area contributed by atoms with Crippen LogP contribution in [-0.4, -0.2) is 21.9 Å². The molecule has 0 spiro atoms. The summed E-state index contributed by atoms with van der Waals surface area (Å²) in [5.41, 5.74) is 2.98. The fourth-order valence-corrected chi connectivity index (χ4v) is 5.90. The number of thioether (sulfide) groups is 1. The summed E-state index contributed by atoms with van der Waals surface area (Å²) in [6, 6.07) is 6.60. The second-order valence-corrected chi connectivity index (χ2v) is 9.78. The monoisotopic (exact) mass is 427 g/mol. The molecule has 0 bridgehead atoms. The number of H-pyrrole nitrogens is 1. The molecule has 0 unspecified atom stereocenters. The Morgan fingerprint density at radius 3 is 2.79 bits per heavy atom. The molecule has 152 valence electrons. The second-order valence-electron chi connectivity index (χ2n) is 7.76. The molecular weight excluding hydrogens is 402 g/mol. The molecule has 1 aliphatic carbocycles. The number of thiophene rings is 1. The summed E-state index contributed by atoms with van der Waals surface area (Å²) in [6.07, 6.45) is 4.40. The number of aryl methyl sites for hydroxylation is 3. The molecular formula is C22H25N3O2S2. The minimum Gasteiger partial charge on any atom is -0.349 e. The van der Waals surface area contributed by atoms with Crippen molar-refractivity contribution in [2.24, 2.45) is 0 Å². The van der Waals surface area contributed by atoms with E-state index in [1.807, 2.05) is 6.92 Å². The molecule has 0 aliphatic heterocycles. The minimum absolute atomic E-state index is 0.0805. The number of fused-ring (bicyclic) bond motifs is 1. The number of hydrogen-bond acceptors (Lipinski definition) is 5. The predicted octanol–water partition coefficient (Wildman–Crippen LogP) is 4.87. The maximum absolute atomic E-state index is 12.7. The van der Waals surface area contributed by atoms with Crippen molar-refractivity contribution in [3.63, 3.8) is 0 Å². The van der Waals surface area contributed by atoms with Gasteiger partial charge in [-0.1, -0.05) is 30.5 Å². The number of nitrogens with one attached hydrogen (secondary N) is 2. The molecule has 1 aromatic carbocycles. The zero-order valence-corrected chi connectivity index (χ0v) is 18.6. The largest absolute Gasteiger partial charge is 0.349 e. The van der Waals surface area contributed by atoms with Crippen LogP contribution in [0.1, 0.15) is 57.9 Å². The number of carbonyl (C=O) groups is 1. The van der Waals surface area contributed by atoms with E-state index in [9.17, 15) is 9.59 Å². The van der Waals surface area contributed by atoms with Crippen LogP contribution in [0.25, 0.3) is 10.2 Å². The molecule has 2 heterocycles. The van der Waals surface area contributed by atoms with Gasteiger partial charge >= 0.3 is 0 Å². The lowest BCUT2D eigenvalue weighted by Gasteiger charge is -2.10. The Balaban J connectivity index is 1.58. The van der Waals surface area contributed by atoms with Crippen LogP contribution in [-0.2, 0) is 5.75 Å². The molecule has 4 rings (SSSR count). The molecule has 0 saturated heterocycles. The number of hydrogen-bond donors (Lipinski definition) is 2. The first kappa shape index (κ1) is 20.2. The molecule has 3 aromatic rings. The van der Waals surface area contributed by atoms with Gasteiger partial charge in [-0.05, 0) is 50.8 Å². The fourth-order valence-electron chi connectivity index (χ4n) is 3.80. The summed E-state index contributed by atoms with van der Waals surface area (Å²) < 4.78 is 0. The molecule has 2 N–H and O–H groups in total. The molecule has 1 fully saturated rings. The lowest BCUT2D eigenvalue weighted by atomic mass is 10.2. The van der Waals surface area contributed by atoms with Gasteiger partial charge in [0.1, 0.15) is 10.7 Å². The normalized spacial score (nSPS) is 14.6. The van der Waals surface area contributed by atoms with E-state index < -0.39 is 0 Å². The highest BCUT2D eigenvalue weighted by Crippen LogP contribution is 2.30. The average Bonchev–Trinajstić information content (AvgIpc) is 3.30. The molecule has 0 radical (unpaired) electrons. The lowest BCUT2D eigenvalue weighted by molar-refractivity contribution is 0.0941. The van der Waals surface area contributed by atoms with Crippen LogP contribution in [0.4, 0.5) is 0 Å². The number of aromatic nitrogens is 2. The Hall–Kier alpha value is -2.12. The van der Waals surface area contributed by atoms with E-state index >= 15 is 0 Å². The Kier molecular flexibility index (Phi) is 5.79. The first-order valence-electron chi connectivity index (χ1n) is 9.95. The van der Waals surface area contributed by atoms with Crippen molar-refractivity contribution >= 4 is 39.2 Å². The van der Waals surface area contributed by atoms with Crippen molar-refractivity contribution in [2.75, 3.05) is 0 Å². The van der Waals surface area contributed by atoms with Gasteiger partial charge in [-0.15, -0.1) is 23.1 Å². The summed E-state index contributed by atoms with van der Waals surface area (Å²) in [6.45, 7) is 5.99. The van der Waals surface area contributed by atoms with Crippen LogP contribution >= 0.6 is 23.1 Å². The highest BCUT2D eigenvalue weighted by atomic mass is 32.2. The number of amides is 1. The molecule has 1 aliphatic rings. The third kappa shape index (κ3) is 4.26. The van der Waals surface area contributed by atoms with E-state index in [0.29, 0.717) is 26.7 Å². The van der Waals surface area contributed by atoms with Gasteiger partial charge in [0, 0.05) is 10.9 Å². The predicted molar refractivity (Wildman–Crippen MR) is 120 cm³/mol. The second kappa shape index (κ2) is 8.32. The Labute approximate surface area is 178 Å².